The van der Waals surface area contributed by atoms with Gasteiger partial charge in [0, 0.05) is 6.42 Å². The zero-order valence-corrected chi connectivity index (χ0v) is 7.61. The van der Waals surface area contributed by atoms with Gasteiger partial charge in [-0.1, -0.05) is 15.9 Å². The quantitative estimate of drug-likeness (QED) is 0.653. The lowest BCUT2D eigenvalue weighted by Crippen LogP contribution is -2.01. The molecule has 0 saturated carbocycles. The van der Waals surface area contributed by atoms with Crippen LogP contribution in [0.25, 0.3) is 0 Å². The highest BCUT2D eigenvalue weighted by molar-refractivity contribution is 9.11. The van der Waals surface area contributed by atoms with E-state index in [0.717, 1.165) is 4.48 Å². The second-order valence-corrected chi connectivity index (χ2v) is 3.43. The first-order valence-electron chi connectivity index (χ1n) is 3.03. The maximum atomic E-state index is 12.1. The zero-order valence-electron chi connectivity index (χ0n) is 6.03. The molecule has 10 heavy (non-hydrogen) atoms. The molecule has 3 heteroatoms. The standard InChI is InChI=1S/C7H10BrFO/c1-5(8)3-7(10)4-6(2)9/h3,6H,4H2,1-2H3. The molecule has 1 nitrogen and oxygen atoms in total. The Morgan fingerprint density at radius 2 is 2.30 bits per heavy atom. The molecule has 0 spiro atoms. The molecule has 58 valence electrons. The fraction of sp³-hybridized carbons (Fsp3) is 0.571. The molecule has 1 unspecified atom stereocenters. The topological polar surface area (TPSA) is 17.1 Å². The van der Waals surface area contributed by atoms with Gasteiger partial charge in [0.1, 0.15) is 6.17 Å². The van der Waals surface area contributed by atoms with E-state index in [-0.39, 0.29) is 12.2 Å². The van der Waals surface area contributed by atoms with Crippen molar-refractivity contribution in [2.75, 3.05) is 0 Å². The smallest absolute Gasteiger partial charge is 0.159 e. The lowest BCUT2D eigenvalue weighted by atomic mass is 10.2. The second kappa shape index (κ2) is 4.61. The minimum atomic E-state index is -1.05. The van der Waals surface area contributed by atoms with Gasteiger partial charge in [-0.2, -0.15) is 0 Å². The number of allylic oxidation sites excluding steroid dienone is 2. The lowest BCUT2D eigenvalue weighted by molar-refractivity contribution is -0.115. The Bertz CT molecular complexity index is 148. The molecule has 0 bridgehead atoms. The predicted octanol–water partition coefficient (Wildman–Crippen LogP) is 2.60. The third-order valence-electron chi connectivity index (χ3n) is 0.842. The van der Waals surface area contributed by atoms with Gasteiger partial charge in [0.15, 0.2) is 5.78 Å². The Morgan fingerprint density at radius 3 is 2.60 bits per heavy atom. The van der Waals surface area contributed by atoms with Crippen LogP contribution in [0.15, 0.2) is 10.6 Å². The fourth-order valence-electron chi connectivity index (χ4n) is 0.558. The largest absolute Gasteiger partial charge is 0.295 e. The Morgan fingerprint density at radius 1 is 1.80 bits per heavy atom. The summed E-state index contributed by atoms with van der Waals surface area (Å²) in [6, 6.07) is 0. The molecule has 0 N–H and O–H groups in total. The van der Waals surface area contributed by atoms with Crippen LogP contribution in [-0.4, -0.2) is 12.0 Å². The normalized spacial score (nSPS) is 15.0. The number of carbonyl (C=O) groups is 1. The predicted molar refractivity (Wildman–Crippen MR) is 42.9 cm³/mol. The van der Waals surface area contributed by atoms with Crippen molar-refractivity contribution in [3.63, 3.8) is 0 Å². The fourth-order valence-corrected chi connectivity index (χ4v) is 0.813. The van der Waals surface area contributed by atoms with Crippen molar-refractivity contribution in [1.29, 1.82) is 0 Å². The summed E-state index contributed by atoms with van der Waals surface area (Å²) < 4.78 is 12.9. The molecule has 0 aromatic rings. The first kappa shape index (κ1) is 9.82. The van der Waals surface area contributed by atoms with Crippen molar-refractivity contribution < 1.29 is 9.18 Å². The van der Waals surface area contributed by atoms with Crippen molar-refractivity contribution in [2.45, 2.75) is 26.4 Å². The van der Waals surface area contributed by atoms with Crippen LogP contribution in [0.5, 0.6) is 0 Å². The zero-order chi connectivity index (χ0) is 8.15. The summed E-state index contributed by atoms with van der Waals surface area (Å²) in [4.78, 5) is 10.7. The van der Waals surface area contributed by atoms with Gasteiger partial charge in [-0.15, -0.1) is 0 Å². The van der Waals surface area contributed by atoms with Crippen LogP contribution in [0.2, 0.25) is 0 Å². The van der Waals surface area contributed by atoms with Gasteiger partial charge in [0.05, 0.1) is 0 Å². The molecular weight excluding hydrogens is 199 g/mol. The van der Waals surface area contributed by atoms with E-state index in [2.05, 4.69) is 15.9 Å². The summed E-state index contributed by atoms with van der Waals surface area (Å²) in [5.74, 6) is -0.177. The lowest BCUT2D eigenvalue weighted by Gasteiger charge is -1.95. The van der Waals surface area contributed by atoms with E-state index in [4.69, 9.17) is 0 Å². The van der Waals surface area contributed by atoms with Gasteiger partial charge in [0.2, 0.25) is 0 Å². The first-order chi connectivity index (χ1) is 4.52. The molecule has 0 aliphatic carbocycles. The first-order valence-corrected chi connectivity index (χ1v) is 3.82. The average Bonchev–Trinajstić information content (AvgIpc) is 1.58. The van der Waals surface area contributed by atoms with Crippen LogP contribution >= 0.6 is 15.9 Å². The molecule has 0 amide bonds. The van der Waals surface area contributed by atoms with Crippen LogP contribution in [-0.2, 0) is 4.79 Å². The van der Waals surface area contributed by atoms with Crippen LogP contribution in [0.1, 0.15) is 20.3 Å². The second-order valence-electron chi connectivity index (χ2n) is 2.18. The molecule has 0 aromatic heterocycles. The summed E-state index contributed by atoms with van der Waals surface area (Å²) in [6.07, 6.45) is 0.314. The molecule has 0 heterocycles. The highest BCUT2D eigenvalue weighted by atomic mass is 79.9. The number of alkyl halides is 1. The molecule has 0 fully saturated rings. The molecule has 0 aromatic carbocycles. The number of ketones is 1. The van der Waals surface area contributed by atoms with E-state index < -0.39 is 6.17 Å². The van der Waals surface area contributed by atoms with Gasteiger partial charge < -0.3 is 0 Å². The summed E-state index contributed by atoms with van der Waals surface area (Å²) in [7, 11) is 0. The summed E-state index contributed by atoms with van der Waals surface area (Å²) in [5.41, 5.74) is 0. The number of carbonyl (C=O) groups excluding carboxylic acids is 1. The molecule has 0 rings (SSSR count). The highest BCUT2D eigenvalue weighted by Crippen LogP contribution is 2.05. The van der Waals surface area contributed by atoms with Gasteiger partial charge >= 0.3 is 0 Å². The monoisotopic (exact) mass is 208 g/mol. The van der Waals surface area contributed by atoms with Gasteiger partial charge in [-0.3, -0.25) is 4.79 Å². The van der Waals surface area contributed by atoms with Gasteiger partial charge in [-0.25, -0.2) is 4.39 Å². The Hall–Kier alpha value is -0.180. The Labute approximate surface area is 68.4 Å². The minimum absolute atomic E-state index is 0.0249. The third kappa shape index (κ3) is 5.95. The van der Waals surface area contributed by atoms with Crippen molar-refractivity contribution in [2.24, 2.45) is 0 Å². The number of hydrogen-bond donors (Lipinski definition) is 0. The van der Waals surface area contributed by atoms with E-state index in [9.17, 15) is 9.18 Å². The van der Waals surface area contributed by atoms with Crippen molar-refractivity contribution in [3.8, 4) is 0 Å². The van der Waals surface area contributed by atoms with E-state index in [1.807, 2.05) is 0 Å². The number of halogens is 2. The van der Waals surface area contributed by atoms with E-state index in [0.29, 0.717) is 0 Å². The van der Waals surface area contributed by atoms with Gasteiger partial charge in [0.25, 0.3) is 0 Å². The van der Waals surface area contributed by atoms with Crippen LogP contribution in [0, 0.1) is 0 Å². The maximum absolute atomic E-state index is 12.1. The highest BCUT2D eigenvalue weighted by Gasteiger charge is 2.03. The molecule has 0 saturated heterocycles. The summed E-state index contributed by atoms with van der Waals surface area (Å²) in [6.45, 7) is 3.11. The van der Waals surface area contributed by atoms with Crippen molar-refractivity contribution in [1.82, 2.24) is 0 Å². The SMILES string of the molecule is CC(Br)=CC(=O)CC(C)F. The molecule has 0 aliphatic rings. The molecule has 1 atom stereocenters. The van der Waals surface area contributed by atoms with Crippen LogP contribution < -0.4 is 0 Å². The maximum Gasteiger partial charge on any atom is 0.159 e. The molecule has 0 radical (unpaired) electrons. The van der Waals surface area contributed by atoms with E-state index >= 15 is 0 Å². The van der Waals surface area contributed by atoms with Crippen LogP contribution in [0.3, 0.4) is 0 Å². The number of hydrogen-bond acceptors (Lipinski definition) is 1. The van der Waals surface area contributed by atoms with Crippen LogP contribution in [0.4, 0.5) is 4.39 Å². The Balaban J connectivity index is 3.76. The van der Waals surface area contributed by atoms with Gasteiger partial charge in [-0.05, 0) is 24.4 Å². The molecular formula is C7H10BrFO. The van der Waals surface area contributed by atoms with E-state index in [1.165, 1.54) is 13.0 Å². The number of rotatable bonds is 3. The average molecular weight is 209 g/mol. The minimum Gasteiger partial charge on any atom is -0.295 e. The summed E-state index contributed by atoms with van der Waals surface area (Å²) in [5, 5.41) is 0. The molecule has 0 aliphatic heterocycles. The summed E-state index contributed by atoms with van der Waals surface area (Å²) >= 11 is 3.08. The third-order valence-corrected chi connectivity index (χ3v) is 1.07. The Kier molecular flexibility index (Phi) is 4.52. The van der Waals surface area contributed by atoms with Crippen molar-refractivity contribution in [3.05, 3.63) is 10.6 Å². The van der Waals surface area contributed by atoms with Crippen molar-refractivity contribution >= 4 is 21.7 Å². The van der Waals surface area contributed by atoms with E-state index in [1.54, 1.807) is 6.92 Å².